The Morgan fingerprint density at radius 1 is 1.00 bits per heavy atom. The zero-order valence-corrected chi connectivity index (χ0v) is 13.3. The molecule has 0 saturated carbocycles. The Morgan fingerprint density at radius 2 is 1.57 bits per heavy atom. The average Bonchev–Trinajstić information content (AvgIpc) is 2.72. The minimum absolute atomic E-state index is 0.0443. The number of fused-ring (bicyclic) bond motifs is 2. The molecule has 0 amide bonds. The summed E-state index contributed by atoms with van der Waals surface area (Å²) in [4.78, 5) is 0. The molecule has 0 unspecified atom stereocenters. The molecule has 1 aliphatic carbocycles. The lowest BCUT2D eigenvalue weighted by molar-refractivity contribution is 0.782. The van der Waals surface area contributed by atoms with Crippen molar-refractivity contribution < 1.29 is 0 Å². The summed E-state index contributed by atoms with van der Waals surface area (Å²) in [6.07, 6.45) is 6.46. The summed E-state index contributed by atoms with van der Waals surface area (Å²) in [6.45, 7) is 0.738. The summed E-state index contributed by atoms with van der Waals surface area (Å²) >= 11 is 0. The van der Waals surface area contributed by atoms with Gasteiger partial charge in [-0.1, -0.05) is 54.6 Å². The van der Waals surface area contributed by atoms with Gasteiger partial charge in [-0.15, -0.1) is 0 Å². The van der Waals surface area contributed by atoms with Gasteiger partial charge in [0.1, 0.15) is 0 Å². The molecule has 3 rings (SSSR count). The number of hydrogen-bond acceptors (Lipinski definition) is 1. The number of benzene rings is 2. The van der Waals surface area contributed by atoms with E-state index < -0.39 is 0 Å². The summed E-state index contributed by atoms with van der Waals surface area (Å²) in [5.74, 6) is 0.0443. The van der Waals surface area contributed by atoms with Crippen molar-refractivity contribution in [2.75, 3.05) is 6.54 Å². The van der Waals surface area contributed by atoms with E-state index in [-0.39, 0.29) is 5.96 Å². The molecule has 23 heavy (non-hydrogen) atoms. The summed E-state index contributed by atoms with van der Waals surface area (Å²) in [5, 5.41) is 10.1. The van der Waals surface area contributed by atoms with Gasteiger partial charge in [0, 0.05) is 6.54 Å². The van der Waals surface area contributed by atoms with Gasteiger partial charge in [-0.2, -0.15) is 0 Å². The monoisotopic (exact) mass is 305 g/mol. The maximum absolute atomic E-state index is 7.20. The molecule has 0 saturated heterocycles. The van der Waals surface area contributed by atoms with Gasteiger partial charge < -0.3 is 11.1 Å². The Morgan fingerprint density at radius 3 is 2.13 bits per heavy atom. The van der Waals surface area contributed by atoms with E-state index in [4.69, 9.17) is 11.1 Å². The van der Waals surface area contributed by atoms with E-state index in [1.54, 1.807) is 0 Å². The molecule has 2 aromatic carbocycles. The lowest BCUT2D eigenvalue weighted by Gasteiger charge is -2.12. The molecular formula is C20H23N3. The third-order valence-electron chi connectivity index (χ3n) is 4.32. The zero-order chi connectivity index (χ0) is 16.1. The second-order valence-corrected chi connectivity index (χ2v) is 5.91. The van der Waals surface area contributed by atoms with Crippen LogP contribution in [0.2, 0.25) is 0 Å². The van der Waals surface area contributed by atoms with E-state index in [0.717, 1.165) is 32.2 Å². The van der Waals surface area contributed by atoms with E-state index in [1.165, 1.54) is 27.8 Å². The Balaban J connectivity index is 1.89. The minimum Gasteiger partial charge on any atom is -0.370 e. The predicted octanol–water partition coefficient (Wildman–Crippen LogP) is 3.48. The van der Waals surface area contributed by atoms with Crippen LogP contribution in [0.1, 0.15) is 35.1 Å². The fourth-order valence-corrected chi connectivity index (χ4v) is 3.21. The van der Waals surface area contributed by atoms with Crippen LogP contribution >= 0.6 is 0 Å². The van der Waals surface area contributed by atoms with Crippen LogP contribution < -0.4 is 11.1 Å². The van der Waals surface area contributed by atoms with Crippen LogP contribution in [-0.4, -0.2) is 12.5 Å². The van der Waals surface area contributed by atoms with Gasteiger partial charge in [0.05, 0.1) is 0 Å². The number of unbranched alkanes of at least 4 members (excludes halogenated alkanes) is 1. The first-order valence-electron chi connectivity index (χ1n) is 8.20. The molecule has 0 fully saturated rings. The number of nitrogens with two attached hydrogens (primary N) is 1. The Hall–Kier alpha value is -2.55. The second kappa shape index (κ2) is 7.14. The number of guanidine groups is 1. The van der Waals surface area contributed by atoms with Crippen LogP contribution in [0.4, 0.5) is 0 Å². The van der Waals surface area contributed by atoms with Crippen LogP contribution in [0.5, 0.6) is 0 Å². The number of rotatable bonds is 4. The van der Waals surface area contributed by atoms with Crippen molar-refractivity contribution in [3.63, 3.8) is 0 Å². The molecule has 2 aromatic rings. The third-order valence-corrected chi connectivity index (χ3v) is 4.32. The number of hydrogen-bond donors (Lipinski definition) is 3. The smallest absolute Gasteiger partial charge is 0.185 e. The van der Waals surface area contributed by atoms with Gasteiger partial charge in [0.15, 0.2) is 5.96 Å². The van der Waals surface area contributed by atoms with E-state index in [2.05, 4.69) is 59.9 Å². The topological polar surface area (TPSA) is 61.9 Å². The third kappa shape index (κ3) is 3.62. The summed E-state index contributed by atoms with van der Waals surface area (Å²) in [7, 11) is 0. The highest BCUT2D eigenvalue weighted by molar-refractivity contribution is 5.83. The van der Waals surface area contributed by atoms with Crippen LogP contribution in [0.25, 0.3) is 5.57 Å². The van der Waals surface area contributed by atoms with Crippen LogP contribution in [0.3, 0.4) is 0 Å². The van der Waals surface area contributed by atoms with Crippen molar-refractivity contribution >= 4 is 11.5 Å². The standard InChI is InChI=1S/C20H23N3/c21-20(22)23-14-6-5-11-19-17-9-3-1-7-15(17)12-13-16-8-2-4-10-18(16)19/h1-4,7-11H,5-6,12-14H2,(H4,21,22,23). The van der Waals surface area contributed by atoms with E-state index in [9.17, 15) is 0 Å². The Bertz CT molecular complexity index is 682. The molecular weight excluding hydrogens is 282 g/mol. The largest absolute Gasteiger partial charge is 0.370 e. The molecule has 0 spiro atoms. The Kier molecular flexibility index (Phi) is 4.77. The fourth-order valence-electron chi connectivity index (χ4n) is 3.21. The highest BCUT2D eigenvalue weighted by Gasteiger charge is 2.16. The van der Waals surface area contributed by atoms with Gasteiger partial charge in [-0.3, -0.25) is 5.41 Å². The minimum atomic E-state index is 0.0443. The summed E-state index contributed by atoms with van der Waals surface area (Å²) in [5.41, 5.74) is 12.2. The van der Waals surface area contributed by atoms with E-state index in [1.807, 2.05) is 0 Å². The van der Waals surface area contributed by atoms with Crippen molar-refractivity contribution in [2.24, 2.45) is 5.73 Å². The summed E-state index contributed by atoms with van der Waals surface area (Å²) in [6, 6.07) is 17.5. The number of nitrogens with one attached hydrogen (secondary N) is 2. The van der Waals surface area contributed by atoms with Gasteiger partial charge >= 0.3 is 0 Å². The molecule has 0 aliphatic heterocycles. The fraction of sp³-hybridized carbons (Fsp3) is 0.250. The first-order valence-corrected chi connectivity index (χ1v) is 8.20. The molecule has 0 aromatic heterocycles. The van der Waals surface area contributed by atoms with Gasteiger partial charge in [0.2, 0.25) is 0 Å². The van der Waals surface area contributed by atoms with E-state index >= 15 is 0 Å². The maximum atomic E-state index is 7.20. The molecule has 3 nitrogen and oxygen atoms in total. The van der Waals surface area contributed by atoms with Crippen LogP contribution in [-0.2, 0) is 12.8 Å². The van der Waals surface area contributed by atoms with Gasteiger partial charge in [-0.05, 0) is 53.5 Å². The molecule has 4 N–H and O–H groups in total. The highest BCUT2D eigenvalue weighted by atomic mass is 15.0. The normalized spacial score (nSPS) is 12.8. The van der Waals surface area contributed by atoms with Crippen molar-refractivity contribution in [1.29, 1.82) is 5.41 Å². The first-order chi connectivity index (χ1) is 11.3. The molecule has 0 radical (unpaired) electrons. The van der Waals surface area contributed by atoms with Crippen molar-refractivity contribution in [1.82, 2.24) is 5.32 Å². The molecule has 1 aliphatic rings. The molecule has 0 bridgehead atoms. The van der Waals surface area contributed by atoms with Gasteiger partial charge in [0.25, 0.3) is 0 Å². The summed E-state index contributed by atoms with van der Waals surface area (Å²) < 4.78 is 0. The highest BCUT2D eigenvalue weighted by Crippen LogP contribution is 2.33. The zero-order valence-electron chi connectivity index (χ0n) is 13.3. The Labute approximate surface area is 137 Å². The molecule has 118 valence electrons. The quantitative estimate of drug-likeness (QED) is 0.460. The predicted molar refractivity (Wildman–Crippen MR) is 96.5 cm³/mol. The second-order valence-electron chi connectivity index (χ2n) is 5.91. The van der Waals surface area contributed by atoms with Crippen LogP contribution in [0, 0.1) is 5.41 Å². The van der Waals surface area contributed by atoms with Gasteiger partial charge in [-0.25, -0.2) is 0 Å². The first kappa shape index (κ1) is 15.3. The average molecular weight is 305 g/mol. The number of aryl methyl sites for hydroxylation is 2. The number of allylic oxidation sites excluding steroid dienone is 1. The maximum Gasteiger partial charge on any atom is 0.185 e. The van der Waals surface area contributed by atoms with Crippen molar-refractivity contribution in [3.8, 4) is 0 Å². The molecule has 3 heteroatoms. The molecule has 0 heterocycles. The lowest BCUT2D eigenvalue weighted by atomic mass is 9.93. The van der Waals surface area contributed by atoms with Crippen molar-refractivity contribution in [2.45, 2.75) is 25.7 Å². The lowest BCUT2D eigenvalue weighted by Crippen LogP contribution is -2.30. The van der Waals surface area contributed by atoms with E-state index in [0.29, 0.717) is 0 Å². The SMILES string of the molecule is N=C(N)NCCCC=C1c2ccccc2CCc2ccccc21. The van der Waals surface area contributed by atoms with Crippen molar-refractivity contribution in [3.05, 3.63) is 76.9 Å². The molecule has 0 atom stereocenters. The van der Waals surface area contributed by atoms with Crippen LogP contribution in [0.15, 0.2) is 54.6 Å².